The normalized spacial score (nSPS) is 10.2. The van der Waals surface area contributed by atoms with Crippen molar-refractivity contribution < 1.29 is 14.8 Å². The summed E-state index contributed by atoms with van der Waals surface area (Å²) in [6.45, 7) is 0. The number of carboxylic acid groups (broad SMARTS) is 1. The fourth-order valence-electron chi connectivity index (χ4n) is 1.55. The van der Waals surface area contributed by atoms with Crippen LogP contribution in [0.25, 0.3) is 10.8 Å². The third kappa shape index (κ3) is 1.58. The van der Waals surface area contributed by atoms with Crippen LogP contribution < -0.4 is 0 Å². The smallest absolute Gasteiger partial charge is 0.342 e. The Morgan fingerprint density at radius 1 is 1.19 bits per heavy atom. The monoisotopic (exact) mass is 217 g/mol. The molecule has 5 nitrogen and oxygen atoms in total. The van der Waals surface area contributed by atoms with Crippen molar-refractivity contribution in [3.05, 3.63) is 52.1 Å². The fraction of sp³-hybridized carbons (Fsp3) is 0. The maximum absolute atomic E-state index is 10.9. The van der Waals surface area contributed by atoms with E-state index in [0.717, 1.165) is 0 Å². The van der Waals surface area contributed by atoms with Crippen molar-refractivity contribution in [2.45, 2.75) is 0 Å². The predicted molar refractivity (Wildman–Crippen MR) is 57.6 cm³/mol. The number of nitrogens with zero attached hydrogens (tertiary/aromatic N) is 1. The van der Waals surface area contributed by atoms with Crippen molar-refractivity contribution in [2.75, 3.05) is 0 Å². The molecule has 0 radical (unpaired) electrons. The molecule has 1 N–H and O–H groups in total. The van der Waals surface area contributed by atoms with Crippen molar-refractivity contribution in [3.63, 3.8) is 0 Å². The molecule has 5 heteroatoms. The fourth-order valence-corrected chi connectivity index (χ4v) is 1.55. The number of rotatable bonds is 2. The van der Waals surface area contributed by atoms with E-state index in [0.29, 0.717) is 10.8 Å². The average Bonchev–Trinajstić information content (AvgIpc) is 2.27. The highest BCUT2D eigenvalue weighted by Crippen LogP contribution is 2.25. The van der Waals surface area contributed by atoms with Gasteiger partial charge in [0.2, 0.25) is 0 Å². The molecule has 0 bridgehead atoms. The van der Waals surface area contributed by atoms with Gasteiger partial charge in [-0.2, -0.15) is 0 Å². The van der Waals surface area contributed by atoms with Gasteiger partial charge in [-0.1, -0.05) is 24.3 Å². The molecule has 0 aliphatic heterocycles. The number of fused-ring (bicyclic) bond motifs is 1. The van der Waals surface area contributed by atoms with Gasteiger partial charge in [-0.15, -0.1) is 0 Å². The molecule has 16 heavy (non-hydrogen) atoms. The van der Waals surface area contributed by atoms with Crippen LogP contribution in [-0.4, -0.2) is 16.0 Å². The van der Waals surface area contributed by atoms with Gasteiger partial charge in [0.1, 0.15) is 5.56 Å². The maximum atomic E-state index is 10.9. The van der Waals surface area contributed by atoms with Crippen LogP contribution in [0, 0.1) is 10.1 Å². The van der Waals surface area contributed by atoms with Crippen LogP contribution >= 0.6 is 0 Å². The molecule has 0 fully saturated rings. The molecule has 0 aliphatic rings. The summed E-state index contributed by atoms with van der Waals surface area (Å²) in [5.74, 6) is -1.29. The van der Waals surface area contributed by atoms with Gasteiger partial charge in [-0.3, -0.25) is 10.1 Å². The number of benzene rings is 2. The molecule has 2 aromatic rings. The molecule has 0 unspecified atom stereocenters. The highest BCUT2D eigenvalue weighted by Gasteiger charge is 2.20. The first-order valence-electron chi connectivity index (χ1n) is 4.50. The lowest BCUT2D eigenvalue weighted by Crippen LogP contribution is -2.02. The van der Waals surface area contributed by atoms with E-state index >= 15 is 0 Å². The topological polar surface area (TPSA) is 80.4 Å². The molecule has 0 saturated carbocycles. The lowest BCUT2D eigenvalue weighted by Gasteiger charge is -2.01. The molecule has 0 amide bonds. The standard InChI is InChI=1S/C11H7NO4/c13-11(14)9-5-7-3-1-2-4-8(7)6-10(9)12(15)16/h1-6H,(H,13,14). The summed E-state index contributed by atoms with van der Waals surface area (Å²) in [5, 5.41) is 20.9. The average molecular weight is 217 g/mol. The van der Waals surface area contributed by atoms with E-state index in [2.05, 4.69) is 0 Å². The van der Waals surface area contributed by atoms with Gasteiger partial charge in [0.25, 0.3) is 5.69 Å². The minimum Gasteiger partial charge on any atom is -0.477 e. The SMILES string of the molecule is O=C(O)c1cc2ccccc2cc1[N+](=O)[O-]. The summed E-state index contributed by atoms with van der Waals surface area (Å²) < 4.78 is 0. The Hall–Kier alpha value is -2.43. The van der Waals surface area contributed by atoms with Crippen LogP contribution in [0.5, 0.6) is 0 Å². The van der Waals surface area contributed by atoms with Crippen LogP contribution in [-0.2, 0) is 0 Å². The van der Waals surface area contributed by atoms with E-state index in [4.69, 9.17) is 5.11 Å². The first kappa shape index (κ1) is 10.1. The van der Waals surface area contributed by atoms with E-state index < -0.39 is 10.9 Å². The predicted octanol–water partition coefficient (Wildman–Crippen LogP) is 2.45. The minimum atomic E-state index is -1.29. The van der Waals surface area contributed by atoms with Gasteiger partial charge in [0, 0.05) is 6.07 Å². The largest absolute Gasteiger partial charge is 0.477 e. The van der Waals surface area contributed by atoms with E-state index in [1.165, 1.54) is 12.1 Å². The molecule has 0 atom stereocenters. The second kappa shape index (κ2) is 3.62. The second-order valence-corrected chi connectivity index (χ2v) is 3.28. The Labute approximate surface area is 90.1 Å². The number of nitro groups is 1. The molecular formula is C11H7NO4. The van der Waals surface area contributed by atoms with Gasteiger partial charge in [-0.25, -0.2) is 4.79 Å². The Bertz CT molecular complexity index is 539. The highest BCUT2D eigenvalue weighted by atomic mass is 16.6. The number of hydrogen-bond donors (Lipinski definition) is 1. The van der Waals surface area contributed by atoms with Crippen molar-refractivity contribution in [1.82, 2.24) is 0 Å². The van der Waals surface area contributed by atoms with Crippen LogP contribution in [0.1, 0.15) is 10.4 Å². The number of aromatic carboxylic acids is 1. The number of hydrogen-bond acceptors (Lipinski definition) is 3. The zero-order chi connectivity index (χ0) is 11.7. The van der Waals surface area contributed by atoms with Gasteiger partial charge >= 0.3 is 5.97 Å². The zero-order valence-corrected chi connectivity index (χ0v) is 8.08. The molecule has 0 saturated heterocycles. The lowest BCUT2D eigenvalue weighted by atomic mass is 10.1. The minimum absolute atomic E-state index is 0.288. The number of carboxylic acids is 1. The summed E-state index contributed by atoms with van der Waals surface area (Å²) in [6, 6.07) is 9.50. The van der Waals surface area contributed by atoms with Crippen molar-refractivity contribution in [1.29, 1.82) is 0 Å². The highest BCUT2D eigenvalue weighted by molar-refractivity contribution is 5.99. The van der Waals surface area contributed by atoms with E-state index in [-0.39, 0.29) is 11.3 Å². The summed E-state index contributed by atoms with van der Waals surface area (Å²) in [5.41, 5.74) is -0.671. The molecule has 0 aromatic heterocycles. The summed E-state index contributed by atoms with van der Waals surface area (Å²) in [6.07, 6.45) is 0. The van der Waals surface area contributed by atoms with Gasteiger partial charge < -0.3 is 5.11 Å². The van der Waals surface area contributed by atoms with Gasteiger partial charge in [0.15, 0.2) is 0 Å². The molecule has 0 spiro atoms. The summed E-state index contributed by atoms with van der Waals surface area (Å²) in [4.78, 5) is 20.9. The molecule has 0 heterocycles. The Morgan fingerprint density at radius 2 is 1.75 bits per heavy atom. The van der Waals surface area contributed by atoms with E-state index in [1.54, 1.807) is 24.3 Å². The summed E-state index contributed by atoms with van der Waals surface area (Å²) >= 11 is 0. The molecule has 2 aromatic carbocycles. The van der Waals surface area contributed by atoms with Crippen molar-refractivity contribution in [3.8, 4) is 0 Å². The van der Waals surface area contributed by atoms with Gasteiger partial charge in [0.05, 0.1) is 4.92 Å². The number of nitro benzene ring substituents is 1. The van der Waals surface area contributed by atoms with E-state index in [1.807, 2.05) is 0 Å². The second-order valence-electron chi connectivity index (χ2n) is 3.28. The third-order valence-electron chi connectivity index (χ3n) is 2.29. The van der Waals surface area contributed by atoms with Crippen molar-refractivity contribution >= 4 is 22.4 Å². The zero-order valence-electron chi connectivity index (χ0n) is 8.08. The molecule has 80 valence electrons. The van der Waals surface area contributed by atoms with Crippen LogP contribution in [0.4, 0.5) is 5.69 Å². The van der Waals surface area contributed by atoms with Crippen molar-refractivity contribution in [2.24, 2.45) is 0 Å². The maximum Gasteiger partial charge on any atom is 0.342 e. The Balaban J connectivity index is 2.81. The van der Waals surface area contributed by atoms with Crippen LogP contribution in [0.3, 0.4) is 0 Å². The summed E-state index contributed by atoms with van der Waals surface area (Å²) in [7, 11) is 0. The lowest BCUT2D eigenvalue weighted by molar-refractivity contribution is -0.385. The van der Waals surface area contributed by atoms with Crippen LogP contribution in [0.2, 0.25) is 0 Å². The van der Waals surface area contributed by atoms with E-state index in [9.17, 15) is 14.9 Å². The Kier molecular flexibility index (Phi) is 2.28. The quantitative estimate of drug-likeness (QED) is 0.618. The first-order chi connectivity index (χ1) is 7.59. The van der Waals surface area contributed by atoms with Gasteiger partial charge in [-0.05, 0) is 16.8 Å². The molecule has 0 aliphatic carbocycles. The molecular weight excluding hydrogens is 210 g/mol. The number of carbonyl (C=O) groups is 1. The van der Waals surface area contributed by atoms with Crippen LogP contribution in [0.15, 0.2) is 36.4 Å². The first-order valence-corrected chi connectivity index (χ1v) is 4.50. The Morgan fingerprint density at radius 3 is 2.25 bits per heavy atom. The molecule has 2 rings (SSSR count). The third-order valence-corrected chi connectivity index (χ3v) is 2.29.